The molecule has 0 bridgehead atoms. The fraction of sp³-hybridized carbons (Fsp3) is 0.400. The molecule has 1 amide bonds. The summed E-state index contributed by atoms with van der Waals surface area (Å²) in [4.78, 5) is 41.8. The van der Waals surface area contributed by atoms with E-state index in [1.54, 1.807) is 7.05 Å². The highest BCUT2D eigenvalue weighted by atomic mass is 16.5. The minimum atomic E-state index is -0.584. The van der Waals surface area contributed by atoms with E-state index in [2.05, 4.69) is 10.3 Å². The van der Waals surface area contributed by atoms with Gasteiger partial charge in [-0.15, -0.1) is 0 Å². The number of benzene rings is 1. The zero-order chi connectivity index (χ0) is 21.3. The van der Waals surface area contributed by atoms with Gasteiger partial charge in [0, 0.05) is 14.1 Å². The molecule has 3 rings (SSSR count). The van der Waals surface area contributed by atoms with Crippen LogP contribution in [0.2, 0.25) is 0 Å². The number of hydrogen-bond acceptors (Lipinski definition) is 5. The molecule has 0 spiro atoms. The van der Waals surface area contributed by atoms with Crippen LogP contribution in [0.3, 0.4) is 0 Å². The van der Waals surface area contributed by atoms with Crippen molar-refractivity contribution in [3.8, 4) is 5.75 Å². The minimum Gasteiger partial charge on any atom is -0.491 e. The normalized spacial score (nSPS) is 12.3. The van der Waals surface area contributed by atoms with Gasteiger partial charge in [-0.25, -0.2) is 14.3 Å². The molecule has 2 heterocycles. The Labute approximate surface area is 167 Å². The molecular weight excluding hydrogens is 374 g/mol. The number of rotatable bonds is 6. The third-order valence-corrected chi connectivity index (χ3v) is 4.63. The molecule has 9 heteroatoms. The van der Waals surface area contributed by atoms with Crippen molar-refractivity contribution in [3.63, 3.8) is 0 Å². The van der Waals surface area contributed by atoms with Crippen LogP contribution in [0.4, 0.5) is 0 Å². The van der Waals surface area contributed by atoms with Gasteiger partial charge in [0.2, 0.25) is 5.91 Å². The van der Waals surface area contributed by atoms with Gasteiger partial charge in [-0.2, -0.15) is 0 Å². The molecule has 0 aliphatic rings. The summed E-state index contributed by atoms with van der Waals surface area (Å²) in [5, 5.41) is 2.83. The fourth-order valence-electron chi connectivity index (χ4n) is 3.16. The quantitative estimate of drug-likeness (QED) is 0.669. The molecule has 0 radical (unpaired) electrons. The van der Waals surface area contributed by atoms with Crippen LogP contribution in [-0.4, -0.2) is 30.7 Å². The maximum atomic E-state index is 12.7. The number of ether oxygens (including phenoxy) is 1. The summed E-state index contributed by atoms with van der Waals surface area (Å²) in [5.74, 6) is 0.322. The first-order valence-corrected chi connectivity index (χ1v) is 9.36. The summed E-state index contributed by atoms with van der Waals surface area (Å²) in [7, 11) is 3.19. The number of imidazole rings is 1. The van der Waals surface area contributed by atoms with Crippen LogP contribution < -0.4 is 21.3 Å². The van der Waals surface area contributed by atoms with Crippen molar-refractivity contribution < 1.29 is 9.53 Å². The first-order chi connectivity index (χ1) is 13.7. The van der Waals surface area contributed by atoms with Crippen molar-refractivity contribution in [2.75, 3.05) is 0 Å². The highest BCUT2D eigenvalue weighted by Crippen LogP contribution is 2.18. The van der Waals surface area contributed by atoms with Crippen LogP contribution in [0.1, 0.15) is 32.4 Å². The van der Waals surface area contributed by atoms with E-state index < -0.39 is 17.2 Å². The van der Waals surface area contributed by atoms with Crippen LogP contribution in [0.5, 0.6) is 5.75 Å². The summed E-state index contributed by atoms with van der Waals surface area (Å²) < 4.78 is 9.34. The average molecular weight is 399 g/mol. The van der Waals surface area contributed by atoms with Crippen molar-refractivity contribution in [1.29, 1.82) is 0 Å². The van der Waals surface area contributed by atoms with Gasteiger partial charge in [-0.05, 0) is 38.5 Å². The van der Waals surface area contributed by atoms with Gasteiger partial charge in [0.1, 0.15) is 12.3 Å². The number of fused-ring (bicyclic) bond motifs is 1. The third kappa shape index (κ3) is 4.08. The van der Waals surface area contributed by atoms with Crippen LogP contribution in [0.25, 0.3) is 11.2 Å². The molecule has 1 unspecified atom stereocenters. The molecule has 154 valence electrons. The second-order valence-corrected chi connectivity index (χ2v) is 7.29. The Balaban J connectivity index is 1.78. The van der Waals surface area contributed by atoms with Gasteiger partial charge < -0.3 is 14.6 Å². The van der Waals surface area contributed by atoms with Gasteiger partial charge in [0.25, 0.3) is 5.56 Å². The molecule has 0 aliphatic carbocycles. The molecular formula is C20H25N5O4. The lowest BCUT2D eigenvalue weighted by Crippen LogP contribution is -2.43. The lowest BCUT2D eigenvalue weighted by molar-refractivity contribution is -0.122. The first kappa shape index (κ1) is 20.4. The predicted octanol–water partition coefficient (Wildman–Crippen LogP) is 1.10. The van der Waals surface area contributed by atoms with Crippen molar-refractivity contribution in [3.05, 3.63) is 57.0 Å². The molecule has 0 saturated heterocycles. The van der Waals surface area contributed by atoms with Gasteiger partial charge in [0.15, 0.2) is 11.2 Å². The molecule has 29 heavy (non-hydrogen) atoms. The SMILES string of the molecule is CC(C)Oc1ccc(C(C)NC(=O)Cn2c(=O)c3c(ncn3C)n(C)c2=O)cc1. The number of amides is 1. The van der Waals surface area contributed by atoms with E-state index in [1.165, 1.54) is 22.5 Å². The average Bonchev–Trinajstić information content (AvgIpc) is 3.05. The van der Waals surface area contributed by atoms with E-state index >= 15 is 0 Å². The number of carbonyl (C=O) groups is 1. The lowest BCUT2D eigenvalue weighted by atomic mass is 10.1. The van der Waals surface area contributed by atoms with Crippen LogP contribution in [-0.2, 0) is 25.4 Å². The molecule has 0 aliphatic heterocycles. The van der Waals surface area contributed by atoms with Crippen LogP contribution >= 0.6 is 0 Å². The Hall–Kier alpha value is -3.36. The van der Waals surface area contributed by atoms with Crippen molar-refractivity contribution in [1.82, 2.24) is 24.0 Å². The Morgan fingerprint density at radius 1 is 1.14 bits per heavy atom. The number of aryl methyl sites for hydroxylation is 2. The Morgan fingerprint density at radius 2 is 1.79 bits per heavy atom. The molecule has 1 N–H and O–H groups in total. The van der Waals surface area contributed by atoms with E-state index in [9.17, 15) is 14.4 Å². The highest BCUT2D eigenvalue weighted by Gasteiger charge is 2.18. The van der Waals surface area contributed by atoms with Crippen LogP contribution in [0, 0.1) is 0 Å². The fourth-order valence-corrected chi connectivity index (χ4v) is 3.16. The molecule has 0 saturated carbocycles. The summed E-state index contributed by atoms with van der Waals surface area (Å²) in [6.45, 7) is 5.37. The second kappa shape index (κ2) is 7.94. The molecule has 1 aromatic carbocycles. The van der Waals surface area contributed by atoms with E-state index in [-0.39, 0.29) is 29.9 Å². The van der Waals surface area contributed by atoms with E-state index in [0.29, 0.717) is 0 Å². The zero-order valence-electron chi connectivity index (χ0n) is 17.2. The molecule has 1 atom stereocenters. The van der Waals surface area contributed by atoms with Gasteiger partial charge in [-0.1, -0.05) is 12.1 Å². The Bertz CT molecular complexity index is 1150. The summed E-state index contributed by atoms with van der Waals surface area (Å²) >= 11 is 0. The maximum Gasteiger partial charge on any atom is 0.332 e. The number of nitrogens with zero attached hydrogens (tertiary/aromatic N) is 4. The maximum absolute atomic E-state index is 12.7. The summed E-state index contributed by atoms with van der Waals surface area (Å²) in [6, 6.07) is 7.13. The first-order valence-electron chi connectivity index (χ1n) is 9.36. The largest absolute Gasteiger partial charge is 0.491 e. The molecule has 2 aromatic heterocycles. The van der Waals surface area contributed by atoms with E-state index in [0.717, 1.165) is 15.9 Å². The summed E-state index contributed by atoms with van der Waals surface area (Å²) in [6.07, 6.45) is 1.54. The predicted molar refractivity (Wildman–Crippen MR) is 109 cm³/mol. The topological polar surface area (TPSA) is 100 Å². The molecule has 0 fully saturated rings. The van der Waals surface area contributed by atoms with Crippen molar-refractivity contribution in [2.24, 2.45) is 14.1 Å². The van der Waals surface area contributed by atoms with Crippen LogP contribution in [0.15, 0.2) is 40.2 Å². The molecule has 3 aromatic rings. The van der Waals surface area contributed by atoms with Gasteiger partial charge in [0.05, 0.1) is 18.5 Å². The number of nitrogens with one attached hydrogen (secondary N) is 1. The number of carbonyl (C=O) groups excluding carboxylic acids is 1. The Morgan fingerprint density at radius 3 is 2.41 bits per heavy atom. The van der Waals surface area contributed by atoms with Crippen molar-refractivity contribution >= 4 is 17.1 Å². The van der Waals surface area contributed by atoms with E-state index in [4.69, 9.17) is 4.74 Å². The van der Waals surface area contributed by atoms with Gasteiger partial charge >= 0.3 is 5.69 Å². The third-order valence-electron chi connectivity index (χ3n) is 4.63. The number of aromatic nitrogens is 4. The minimum absolute atomic E-state index is 0.0793. The van der Waals surface area contributed by atoms with Crippen molar-refractivity contribution in [2.45, 2.75) is 39.5 Å². The molecule has 9 nitrogen and oxygen atoms in total. The summed E-state index contributed by atoms with van der Waals surface area (Å²) in [5.41, 5.74) is 0.321. The van der Waals surface area contributed by atoms with E-state index in [1.807, 2.05) is 45.0 Å². The Kier molecular flexibility index (Phi) is 5.58. The zero-order valence-corrected chi connectivity index (χ0v) is 17.2. The number of hydrogen-bond donors (Lipinski definition) is 1. The standard InChI is InChI=1S/C20H25N5O4/c1-12(2)29-15-8-6-14(7-9-15)13(3)22-16(26)10-25-19(27)17-18(21-11-23(17)4)24(5)20(25)28/h6-9,11-13H,10H2,1-5H3,(H,22,26). The lowest BCUT2D eigenvalue weighted by Gasteiger charge is -2.16. The van der Waals surface area contributed by atoms with Gasteiger partial charge in [-0.3, -0.25) is 14.2 Å². The second-order valence-electron chi connectivity index (χ2n) is 7.29. The monoisotopic (exact) mass is 399 g/mol. The highest BCUT2D eigenvalue weighted by molar-refractivity contribution is 5.77. The smallest absolute Gasteiger partial charge is 0.332 e.